The summed E-state index contributed by atoms with van der Waals surface area (Å²) in [6.07, 6.45) is 5.69. The molecule has 0 aliphatic heterocycles. The summed E-state index contributed by atoms with van der Waals surface area (Å²) < 4.78 is 7.39. The molecule has 1 aromatic heterocycles. The molecule has 122 valence electrons. The van der Waals surface area contributed by atoms with Crippen LogP contribution in [0.4, 0.5) is 0 Å². The number of aliphatic hydroxyl groups is 1. The third-order valence-electron chi connectivity index (χ3n) is 3.89. The Morgan fingerprint density at radius 1 is 1.26 bits per heavy atom. The molecule has 0 radical (unpaired) electrons. The molecular formula is C18H22N2O3. The number of nitrogens with zero attached hydrogens (tertiary/aromatic N) is 1. The van der Waals surface area contributed by atoms with Gasteiger partial charge in [0.25, 0.3) is 5.91 Å². The van der Waals surface area contributed by atoms with Crippen molar-refractivity contribution in [1.82, 2.24) is 9.88 Å². The van der Waals surface area contributed by atoms with Gasteiger partial charge in [0.1, 0.15) is 0 Å². The first-order valence-electron chi connectivity index (χ1n) is 8.00. The van der Waals surface area contributed by atoms with Crippen LogP contribution in [0, 0.1) is 5.92 Å². The Morgan fingerprint density at radius 3 is 2.61 bits per heavy atom. The van der Waals surface area contributed by atoms with Crippen molar-refractivity contribution < 1.29 is 14.6 Å². The summed E-state index contributed by atoms with van der Waals surface area (Å²) in [4.78, 5) is 12.1. The van der Waals surface area contributed by atoms with Crippen LogP contribution in [-0.2, 0) is 4.74 Å². The first kappa shape index (κ1) is 15.8. The molecule has 2 aromatic rings. The Balaban J connectivity index is 1.44. The van der Waals surface area contributed by atoms with Crippen molar-refractivity contribution in [3.8, 4) is 5.69 Å². The van der Waals surface area contributed by atoms with E-state index in [1.54, 1.807) is 12.1 Å². The number of carbonyl (C=O) groups is 1. The lowest BCUT2D eigenvalue weighted by Gasteiger charge is -2.12. The van der Waals surface area contributed by atoms with Gasteiger partial charge in [0, 0.05) is 36.8 Å². The van der Waals surface area contributed by atoms with Crippen LogP contribution < -0.4 is 5.32 Å². The molecule has 5 heteroatoms. The summed E-state index contributed by atoms with van der Waals surface area (Å²) in [7, 11) is 0. The maximum absolute atomic E-state index is 12.1. The van der Waals surface area contributed by atoms with E-state index in [4.69, 9.17) is 4.74 Å². The lowest BCUT2D eigenvalue weighted by Crippen LogP contribution is -2.34. The second kappa shape index (κ2) is 7.44. The van der Waals surface area contributed by atoms with Crippen LogP contribution in [0.3, 0.4) is 0 Å². The number of aromatic nitrogens is 1. The van der Waals surface area contributed by atoms with Crippen molar-refractivity contribution >= 4 is 5.91 Å². The van der Waals surface area contributed by atoms with Gasteiger partial charge in [-0.2, -0.15) is 0 Å². The zero-order valence-corrected chi connectivity index (χ0v) is 13.0. The molecule has 3 rings (SSSR count). The molecule has 1 saturated carbocycles. The molecule has 1 unspecified atom stereocenters. The van der Waals surface area contributed by atoms with E-state index in [0.29, 0.717) is 18.1 Å². The standard InChI is InChI=1S/C18H22N2O3/c21-17(13-23-12-14-3-4-14)11-19-18(22)15-5-7-16(8-6-15)20-9-1-2-10-20/h1-2,5-10,14,17,21H,3-4,11-13H2,(H,19,22). The minimum Gasteiger partial charge on any atom is -0.389 e. The second-order valence-electron chi connectivity index (χ2n) is 5.98. The highest BCUT2D eigenvalue weighted by atomic mass is 16.5. The molecule has 1 fully saturated rings. The summed E-state index contributed by atoms with van der Waals surface area (Å²) in [5, 5.41) is 12.5. The van der Waals surface area contributed by atoms with E-state index in [2.05, 4.69) is 5.32 Å². The van der Waals surface area contributed by atoms with Crippen LogP contribution in [-0.4, -0.2) is 41.4 Å². The highest BCUT2D eigenvalue weighted by Gasteiger charge is 2.21. The Hall–Kier alpha value is -2.11. The van der Waals surface area contributed by atoms with Crippen LogP contribution in [0.25, 0.3) is 5.69 Å². The van der Waals surface area contributed by atoms with Crippen LogP contribution in [0.1, 0.15) is 23.2 Å². The molecule has 1 aliphatic rings. The normalized spacial score (nSPS) is 15.3. The summed E-state index contributed by atoms with van der Waals surface area (Å²) >= 11 is 0. The highest BCUT2D eigenvalue weighted by Crippen LogP contribution is 2.28. The summed E-state index contributed by atoms with van der Waals surface area (Å²) in [5.74, 6) is 0.487. The van der Waals surface area contributed by atoms with Crippen molar-refractivity contribution in [2.45, 2.75) is 18.9 Å². The van der Waals surface area contributed by atoms with Gasteiger partial charge in [0.05, 0.1) is 12.7 Å². The van der Waals surface area contributed by atoms with E-state index >= 15 is 0 Å². The Morgan fingerprint density at radius 2 is 1.96 bits per heavy atom. The number of benzene rings is 1. The van der Waals surface area contributed by atoms with Gasteiger partial charge in [-0.3, -0.25) is 4.79 Å². The van der Waals surface area contributed by atoms with E-state index in [-0.39, 0.29) is 19.1 Å². The van der Waals surface area contributed by atoms with Crippen molar-refractivity contribution in [2.24, 2.45) is 5.92 Å². The quantitative estimate of drug-likeness (QED) is 0.783. The summed E-state index contributed by atoms with van der Waals surface area (Å²) in [5.41, 5.74) is 1.58. The van der Waals surface area contributed by atoms with Gasteiger partial charge in [-0.25, -0.2) is 0 Å². The van der Waals surface area contributed by atoms with Crippen LogP contribution in [0.5, 0.6) is 0 Å². The van der Waals surface area contributed by atoms with Gasteiger partial charge in [-0.05, 0) is 55.2 Å². The Kier molecular flexibility index (Phi) is 5.10. The van der Waals surface area contributed by atoms with Gasteiger partial charge < -0.3 is 19.7 Å². The molecule has 2 N–H and O–H groups in total. The van der Waals surface area contributed by atoms with Crippen LogP contribution in [0.2, 0.25) is 0 Å². The lowest BCUT2D eigenvalue weighted by molar-refractivity contribution is 0.0320. The first-order valence-corrected chi connectivity index (χ1v) is 8.00. The molecule has 1 atom stereocenters. The first-order chi connectivity index (χ1) is 11.2. The number of ether oxygens (including phenoxy) is 1. The van der Waals surface area contributed by atoms with Crippen LogP contribution >= 0.6 is 0 Å². The summed E-state index contributed by atoms with van der Waals surface area (Å²) in [6, 6.07) is 11.2. The number of aliphatic hydroxyl groups excluding tert-OH is 1. The van der Waals surface area contributed by atoms with Crippen molar-refractivity contribution in [2.75, 3.05) is 19.8 Å². The van der Waals surface area contributed by atoms with E-state index < -0.39 is 6.10 Å². The van der Waals surface area contributed by atoms with Gasteiger partial charge in [-0.1, -0.05) is 0 Å². The van der Waals surface area contributed by atoms with Gasteiger partial charge in [-0.15, -0.1) is 0 Å². The third-order valence-corrected chi connectivity index (χ3v) is 3.89. The maximum Gasteiger partial charge on any atom is 0.251 e. The van der Waals surface area contributed by atoms with Crippen molar-refractivity contribution in [3.63, 3.8) is 0 Å². The molecule has 1 heterocycles. The average Bonchev–Trinajstić information content (AvgIpc) is 3.23. The predicted molar refractivity (Wildman–Crippen MR) is 87.7 cm³/mol. The Labute approximate surface area is 135 Å². The third kappa shape index (κ3) is 4.68. The van der Waals surface area contributed by atoms with Gasteiger partial charge in [0.2, 0.25) is 0 Å². The predicted octanol–water partition coefficient (Wildman–Crippen LogP) is 1.99. The fourth-order valence-corrected chi connectivity index (χ4v) is 2.32. The van der Waals surface area contributed by atoms with Crippen LogP contribution in [0.15, 0.2) is 48.8 Å². The van der Waals surface area contributed by atoms with Gasteiger partial charge in [0.15, 0.2) is 0 Å². The highest BCUT2D eigenvalue weighted by molar-refractivity contribution is 5.94. The molecule has 1 amide bonds. The van der Waals surface area contributed by atoms with E-state index in [1.807, 2.05) is 41.2 Å². The zero-order valence-electron chi connectivity index (χ0n) is 13.0. The SMILES string of the molecule is O=C(NCC(O)COCC1CC1)c1ccc(-n2cccc2)cc1. The summed E-state index contributed by atoms with van der Waals surface area (Å²) in [6.45, 7) is 1.18. The monoisotopic (exact) mass is 314 g/mol. The van der Waals surface area contributed by atoms with Crippen molar-refractivity contribution in [3.05, 3.63) is 54.4 Å². The van der Waals surface area contributed by atoms with E-state index in [1.165, 1.54) is 12.8 Å². The topological polar surface area (TPSA) is 63.5 Å². The minimum absolute atomic E-state index is 0.190. The fourth-order valence-electron chi connectivity index (χ4n) is 2.32. The molecule has 0 spiro atoms. The second-order valence-corrected chi connectivity index (χ2v) is 5.98. The largest absolute Gasteiger partial charge is 0.389 e. The Bertz CT molecular complexity index is 618. The molecule has 0 saturated heterocycles. The number of hydrogen-bond donors (Lipinski definition) is 2. The molecular weight excluding hydrogens is 292 g/mol. The molecule has 1 aliphatic carbocycles. The van der Waals surface area contributed by atoms with Crippen molar-refractivity contribution in [1.29, 1.82) is 0 Å². The zero-order chi connectivity index (χ0) is 16.1. The number of hydrogen-bond acceptors (Lipinski definition) is 3. The van der Waals surface area contributed by atoms with E-state index in [9.17, 15) is 9.90 Å². The average molecular weight is 314 g/mol. The van der Waals surface area contributed by atoms with Gasteiger partial charge >= 0.3 is 0 Å². The smallest absolute Gasteiger partial charge is 0.251 e. The molecule has 0 bridgehead atoms. The number of nitrogens with one attached hydrogen (secondary N) is 1. The lowest BCUT2D eigenvalue weighted by atomic mass is 10.2. The minimum atomic E-state index is -0.670. The number of amides is 1. The number of rotatable bonds is 8. The molecule has 1 aromatic carbocycles. The fraction of sp³-hybridized carbons (Fsp3) is 0.389. The maximum atomic E-state index is 12.1. The molecule has 5 nitrogen and oxygen atoms in total. The number of carbonyl (C=O) groups excluding carboxylic acids is 1. The molecule has 23 heavy (non-hydrogen) atoms. The van der Waals surface area contributed by atoms with E-state index in [0.717, 1.165) is 5.69 Å².